The van der Waals surface area contributed by atoms with Crippen LogP contribution in [0.4, 0.5) is 17.2 Å². The van der Waals surface area contributed by atoms with E-state index in [1.54, 1.807) is 36.0 Å². The summed E-state index contributed by atoms with van der Waals surface area (Å²) in [5.74, 6) is 1.08. The van der Waals surface area contributed by atoms with Gasteiger partial charge in [0.2, 0.25) is 0 Å². The lowest BCUT2D eigenvalue weighted by Gasteiger charge is -2.08. The molecular weight excluding hydrogens is 364 g/mol. The minimum Gasteiger partial charge on any atom is -0.340 e. The van der Waals surface area contributed by atoms with Gasteiger partial charge in [0, 0.05) is 29.8 Å². The van der Waals surface area contributed by atoms with Gasteiger partial charge in [-0.15, -0.1) is 5.10 Å². The number of aryl methyl sites for hydroxylation is 1. The Morgan fingerprint density at radius 2 is 1.96 bits per heavy atom. The highest BCUT2D eigenvalue weighted by atomic mass is 32.1. The summed E-state index contributed by atoms with van der Waals surface area (Å²) in [7, 11) is 0. The van der Waals surface area contributed by atoms with Crippen LogP contribution in [0.15, 0.2) is 55.1 Å². The number of anilines is 3. The average molecular weight is 378 g/mol. The number of amides is 1. The van der Waals surface area contributed by atoms with Gasteiger partial charge in [-0.3, -0.25) is 4.79 Å². The Kier molecular flexibility index (Phi) is 4.54. The van der Waals surface area contributed by atoms with Crippen molar-refractivity contribution in [2.75, 3.05) is 10.6 Å². The Morgan fingerprint density at radius 3 is 2.67 bits per heavy atom. The highest BCUT2D eigenvalue weighted by Crippen LogP contribution is 2.19. The second-order valence-electron chi connectivity index (χ2n) is 5.56. The van der Waals surface area contributed by atoms with Crippen molar-refractivity contribution in [3.8, 4) is 5.82 Å². The molecule has 0 aliphatic rings. The van der Waals surface area contributed by atoms with E-state index in [1.165, 1.54) is 6.33 Å². The summed E-state index contributed by atoms with van der Waals surface area (Å²) in [5, 5.41) is 14.0. The minimum atomic E-state index is -0.220. The van der Waals surface area contributed by atoms with Crippen LogP contribution >= 0.6 is 11.5 Å². The summed E-state index contributed by atoms with van der Waals surface area (Å²) in [5.41, 5.74) is 2.12. The molecule has 0 aliphatic carbocycles. The van der Waals surface area contributed by atoms with Crippen molar-refractivity contribution >= 4 is 34.6 Å². The molecule has 3 heterocycles. The van der Waals surface area contributed by atoms with E-state index in [0.717, 1.165) is 17.2 Å². The van der Waals surface area contributed by atoms with Gasteiger partial charge in [-0.2, -0.15) is 5.10 Å². The molecular formula is C17H14N8OS. The molecule has 1 aromatic carbocycles. The Bertz CT molecular complexity index is 1060. The molecule has 0 aliphatic heterocycles. The molecule has 4 rings (SSSR count). The van der Waals surface area contributed by atoms with E-state index in [4.69, 9.17) is 0 Å². The fourth-order valence-electron chi connectivity index (χ4n) is 2.36. The van der Waals surface area contributed by atoms with E-state index in [0.29, 0.717) is 27.9 Å². The summed E-state index contributed by atoms with van der Waals surface area (Å²) in [6, 6.07) is 10.9. The van der Waals surface area contributed by atoms with Crippen molar-refractivity contribution in [1.29, 1.82) is 0 Å². The number of carbonyl (C=O) groups is 1. The largest absolute Gasteiger partial charge is 0.340 e. The summed E-state index contributed by atoms with van der Waals surface area (Å²) >= 11 is 1.08. The molecule has 4 aromatic rings. The van der Waals surface area contributed by atoms with Crippen molar-refractivity contribution in [2.24, 2.45) is 0 Å². The summed E-state index contributed by atoms with van der Waals surface area (Å²) < 4.78 is 5.43. The third kappa shape index (κ3) is 3.80. The predicted octanol–water partition coefficient (Wildman–Crippen LogP) is 2.82. The van der Waals surface area contributed by atoms with Crippen LogP contribution in [0.2, 0.25) is 0 Å². The molecule has 2 N–H and O–H groups in total. The maximum absolute atomic E-state index is 12.2. The van der Waals surface area contributed by atoms with Gasteiger partial charge in [-0.1, -0.05) is 4.49 Å². The number of carbonyl (C=O) groups excluding carboxylic acids is 1. The minimum absolute atomic E-state index is 0.220. The Hall–Kier alpha value is -3.66. The van der Waals surface area contributed by atoms with Crippen LogP contribution in [0.25, 0.3) is 5.82 Å². The van der Waals surface area contributed by atoms with E-state index in [-0.39, 0.29) is 5.91 Å². The Labute approximate surface area is 158 Å². The molecule has 9 nitrogen and oxygen atoms in total. The first kappa shape index (κ1) is 16.8. The third-order valence-electron chi connectivity index (χ3n) is 3.66. The van der Waals surface area contributed by atoms with Crippen molar-refractivity contribution < 1.29 is 4.79 Å². The fraction of sp³-hybridized carbons (Fsp3) is 0.0588. The normalized spacial score (nSPS) is 10.6. The van der Waals surface area contributed by atoms with Crippen LogP contribution < -0.4 is 10.6 Å². The van der Waals surface area contributed by atoms with E-state index in [9.17, 15) is 4.79 Å². The highest BCUT2D eigenvalue weighted by molar-refractivity contribution is 7.08. The van der Waals surface area contributed by atoms with Crippen molar-refractivity contribution in [2.45, 2.75) is 6.92 Å². The van der Waals surface area contributed by atoms with Gasteiger partial charge in [0.1, 0.15) is 17.0 Å². The molecule has 0 atom stereocenters. The zero-order valence-electron chi connectivity index (χ0n) is 14.2. The Morgan fingerprint density at radius 1 is 1.15 bits per heavy atom. The number of benzene rings is 1. The smallest absolute Gasteiger partial charge is 0.269 e. The SMILES string of the molecule is Cc1nnsc1C(=O)Nc1ccc(Nc2cc(-n3cccn3)ncn2)cc1. The molecule has 27 heavy (non-hydrogen) atoms. The lowest BCUT2D eigenvalue weighted by Crippen LogP contribution is -2.11. The van der Waals surface area contributed by atoms with Crippen molar-refractivity contribution in [3.05, 3.63) is 65.7 Å². The quantitative estimate of drug-likeness (QED) is 0.549. The van der Waals surface area contributed by atoms with Gasteiger partial charge in [-0.05, 0) is 48.8 Å². The number of aromatic nitrogens is 6. The second kappa shape index (κ2) is 7.30. The maximum Gasteiger partial charge on any atom is 0.269 e. The zero-order valence-corrected chi connectivity index (χ0v) is 15.0. The molecule has 0 radical (unpaired) electrons. The topological polar surface area (TPSA) is 111 Å². The van der Waals surface area contributed by atoms with E-state index in [1.807, 2.05) is 24.4 Å². The molecule has 10 heteroatoms. The predicted molar refractivity (Wildman–Crippen MR) is 101 cm³/mol. The molecule has 0 saturated heterocycles. The molecule has 1 amide bonds. The number of nitrogens with one attached hydrogen (secondary N) is 2. The van der Waals surface area contributed by atoms with Gasteiger partial charge < -0.3 is 10.6 Å². The standard InChI is InChI=1S/C17H14N8OS/c1-11-16(27-24-23-11)17(26)22-13-5-3-12(4-6-13)21-14-9-15(19-10-18-14)25-8-2-7-20-25/h2-10H,1H3,(H,22,26)(H,18,19,21). The maximum atomic E-state index is 12.2. The first-order valence-corrected chi connectivity index (χ1v) is 8.76. The molecule has 0 saturated carbocycles. The zero-order chi connectivity index (χ0) is 18.6. The lowest BCUT2D eigenvalue weighted by molar-refractivity contribution is 0.103. The fourth-order valence-corrected chi connectivity index (χ4v) is 2.91. The first-order chi connectivity index (χ1) is 13.2. The van der Waals surface area contributed by atoms with Crippen molar-refractivity contribution in [3.63, 3.8) is 0 Å². The lowest BCUT2D eigenvalue weighted by atomic mass is 10.2. The molecule has 3 aromatic heterocycles. The van der Waals surface area contributed by atoms with Gasteiger partial charge >= 0.3 is 0 Å². The number of hydrogen-bond donors (Lipinski definition) is 2. The van der Waals surface area contributed by atoms with Crippen LogP contribution in [0.1, 0.15) is 15.4 Å². The molecule has 134 valence electrons. The van der Waals surface area contributed by atoms with Gasteiger partial charge in [-0.25, -0.2) is 14.6 Å². The van der Waals surface area contributed by atoms with Crippen LogP contribution in [0.5, 0.6) is 0 Å². The van der Waals surface area contributed by atoms with Gasteiger partial charge in [0.25, 0.3) is 5.91 Å². The monoisotopic (exact) mass is 378 g/mol. The van der Waals surface area contributed by atoms with Gasteiger partial charge in [0.15, 0.2) is 5.82 Å². The number of nitrogens with zero attached hydrogens (tertiary/aromatic N) is 6. The first-order valence-electron chi connectivity index (χ1n) is 7.98. The molecule has 0 unspecified atom stereocenters. The highest BCUT2D eigenvalue weighted by Gasteiger charge is 2.13. The second-order valence-corrected chi connectivity index (χ2v) is 6.31. The van der Waals surface area contributed by atoms with E-state index in [2.05, 4.69) is 35.3 Å². The molecule has 0 bridgehead atoms. The summed E-state index contributed by atoms with van der Waals surface area (Å²) in [6.45, 7) is 1.75. The summed E-state index contributed by atoms with van der Waals surface area (Å²) in [4.78, 5) is 21.1. The Balaban J connectivity index is 1.45. The van der Waals surface area contributed by atoms with Crippen LogP contribution in [-0.4, -0.2) is 35.2 Å². The van der Waals surface area contributed by atoms with E-state index >= 15 is 0 Å². The third-order valence-corrected chi connectivity index (χ3v) is 4.49. The number of hydrogen-bond acceptors (Lipinski definition) is 8. The van der Waals surface area contributed by atoms with Gasteiger partial charge in [0.05, 0.1) is 5.69 Å². The van der Waals surface area contributed by atoms with Crippen LogP contribution in [0, 0.1) is 6.92 Å². The molecule has 0 fully saturated rings. The van der Waals surface area contributed by atoms with E-state index < -0.39 is 0 Å². The number of rotatable bonds is 5. The average Bonchev–Trinajstić information content (AvgIpc) is 3.35. The molecule has 0 spiro atoms. The van der Waals surface area contributed by atoms with Crippen LogP contribution in [-0.2, 0) is 0 Å². The summed E-state index contributed by atoms with van der Waals surface area (Å²) in [6.07, 6.45) is 4.97. The van der Waals surface area contributed by atoms with Crippen molar-refractivity contribution in [1.82, 2.24) is 29.3 Å². The van der Waals surface area contributed by atoms with Crippen LogP contribution in [0.3, 0.4) is 0 Å².